The molecule has 4 nitrogen and oxygen atoms in total. The van der Waals surface area contributed by atoms with E-state index in [-0.39, 0.29) is 12.2 Å². The third-order valence-corrected chi connectivity index (χ3v) is 4.46. The molecule has 1 N–H and O–H groups in total. The van der Waals surface area contributed by atoms with Crippen LogP contribution in [0.4, 0.5) is 0 Å². The molecule has 0 bridgehead atoms. The van der Waals surface area contributed by atoms with Crippen LogP contribution in [0.25, 0.3) is 0 Å². The Bertz CT molecular complexity index is 550. The second-order valence-electron chi connectivity index (χ2n) is 4.93. The summed E-state index contributed by atoms with van der Waals surface area (Å²) >= 11 is 0. The highest BCUT2D eigenvalue weighted by Crippen LogP contribution is 2.41. The first-order valence-electron chi connectivity index (χ1n) is 5.91. The molecule has 0 aromatic heterocycles. The molecule has 0 heterocycles. The van der Waals surface area contributed by atoms with Gasteiger partial charge in [-0.1, -0.05) is 6.07 Å². The molecule has 18 heavy (non-hydrogen) atoms. The summed E-state index contributed by atoms with van der Waals surface area (Å²) in [5, 5.41) is 10.6. The van der Waals surface area contributed by atoms with Crippen molar-refractivity contribution in [3.05, 3.63) is 29.3 Å². The number of methoxy groups -OCH3 is 1. The van der Waals surface area contributed by atoms with Crippen LogP contribution in [0.15, 0.2) is 18.2 Å². The molecule has 1 unspecified atom stereocenters. The number of hydrogen-bond donors (Lipinski definition) is 1. The van der Waals surface area contributed by atoms with Crippen LogP contribution in [0.5, 0.6) is 5.75 Å². The predicted octanol–water partition coefficient (Wildman–Crippen LogP) is 1.26. The van der Waals surface area contributed by atoms with Gasteiger partial charge >= 0.3 is 0 Å². The van der Waals surface area contributed by atoms with E-state index in [0.29, 0.717) is 12.2 Å². The number of fused-ring (bicyclic) bond motifs is 1. The van der Waals surface area contributed by atoms with Gasteiger partial charge in [0.15, 0.2) is 0 Å². The molecule has 1 aromatic carbocycles. The predicted molar refractivity (Wildman–Crippen MR) is 69.5 cm³/mol. The molecule has 0 spiro atoms. The van der Waals surface area contributed by atoms with Crippen molar-refractivity contribution in [2.75, 3.05) is 19.1 Å². The van der Waals surface area contributed by atoms with Gasteiger partial charge in [0.2, 0.25) is 0 Å². The normalized spacial score (nSPS) is 22.8. The summed E-state index contributed by atoms with van der Waals surface area (Å²) in [6, 6.07) is 5.61. The Hall–Kier alpha value is -1.07. The zero-order chi connectivity index (χ0) is 13.4. The summed E-state index contributed by atoms with van der Waals surface area (Å²) in [6.07, 6.45) is 2.79. The first kappa shape index (κ1) is 13.4. The van der Waals surface area contributed by atoms with Crippen LogP contribution in [-0.2, 0) is 21.9 Å². The van der Waals surface area contributed by atoms with Crippen LogP contribution in [0.3, 0.4) is 0 Å². The van der Waals surface area contributed by atoms with E-state index in [1.54, 1.807) is 7.11 Å². The molecule has 5 heteroatoms. The smallest absolute Gasteiger partial charge is 0.147 e. The van der Waals surface area contributed by atoms with Crippen LogP contribution in [0, 0.1) is 0 Å². The molecule has 100 valence electrons. The fraction of sp³-hybridized carbons (Fsp3) is 0.538. The lowest BCUT2D eigenvalue weighted by Crippen LogP contribution is -2.25. The van der Waals surface area contributed by atoms with Gasteiger partial charge in [-0.25, -0.2) is 8.42 Å². The molecular formula is C13H18O4S. The number of aryl methyl sites for hydroxylation is 1. The van der Waals surface area contributed by atoms with E-state index in [2.05, 4.69) is 0 Å². The first-order chi connectivity index (χ1) is 8.34. The Balaban J connectivity index is 2.28. The molecule has 0 fully saturated rings. The van der Waals surface area contributed by atoms with Crippen LogP contribution in [0.2, 0.25) is 0 Å². The van der Waals surface area contributed by atoms with Crippen molar-refractivity contribution in [2.24, 2.45) is 0 Å². The summed E-state index contributed by atoms with van der Waals surface area (Å²) in [6.45, 7) is 0. The average molecular weight is 270 g/mol. The van der Waals surface area contributed by atoms with E-state index in [0.717, 1.165) is 17.5 Å². The van der Waals surface area contributed by atoms with Gasteiger partial charge in [0.25, 0.3) is 0 Å². The Morgan fingerprint density at radius 2 is 2.17 bits per heavy atom. The van der Waals surface area contributed by atoms with Crippen molar-refractivity contribution in [1.29, 1.82) is 0 Å². The first-order valence-corrected chi connectivity index (χ1v) is 7.98. The van der Waals surface area contributed by atoms with E-state index in [9.17, 15) is 13.5 Å². The van der Waals surface area contributed by atoms with Crippen molar-refractivity contribution >= 4 is 9.84 Å². The second-order valence-corrected chi connectivity index (χ2v) is 7.19. The number of ether oxygens (including phenoxy) is 1. The highest BCUT2D eigenvalue weighted by molar-refractivity contribution is 7.90. The lowest BCUT2D eigenvalue weighted by molar-refractivity contribution is 0.0352. The van der Waals surface area contributed by atoms with Crippen LogP contribution in [0.1, 0.15) is 24.0 Å². The highest BCUT2D eigenvalue weighted by atomic mass is 32.2. The zero-order valence-electron chi connectivity index (χ0n) is 10.6. The maximum atomic E-state index is 11.2. The van der Waals surface area contributed by atoms with Crippen molar-refractivity contribution in [1.82, 2.24) is 0 Å². The molecule has 0 saturated heterocycles. The van der Waals surface area contributed by atoms with Gasteiger partial charge < -0.3 is 9.84 Å². The number of benzene rings is 1. The Morgan fingerprint density at radius 3 is 2.78 bits per heavy atom. The van der Waals surface area contributed by atoms with E-state index >= 15 is 0 Å². The number of aliphatic hydroxyl groups is 1. The molecular weight excluding hydrogens is 252 g/mol. The Kier molecular flexibility index (Phi) is 3.38. The fourth-order valence-electron chi connectivity index (χ4n) is 2.42. The maximum absolute atomic E-state index is 11.2. The van der Waals surface area contributed by atoms with Crippen LogP contribution < -0.4 is 4.74 Å². The number of sulfone groups is 1. The third kappa shape index (κ3) is 2.67. The van der Waals surface area contributed by atoms with Crippen molar-refractivity contribution in [2.45, 2.75) is 24.9 Å². The number of hydrogen-bond acceptors (Lipinski definition) is 4. The molecule has 1 atom stereocenters. The van der Waals surface area contributed by atoms with E-state index in [1.807, 2.05) is 18.2 Å². The summed E-state index contributed by atoms with van der Waals surface area (Å²) in [5.41, 5.74) is 0.852. The topological polar surface area (TPSA) is 63.6 Å². The molecule has 0 saturated carbocycles. The van der Waals surface area contributed by atoms with Crippen molar-refractivity contribution in [3.8, 4) is 5.75 Å². The standard InChI is InChI=1S/C13H18O4S/c1-17-11-4-3-10-5-6-13(14,12(10)9-11)7-8-18(2,15)16/h3-4,9,14H,5-8H2,1-2H3. The average Bonchev–Trinajstić information content (AvgIpc) is 2.64. The lowest BCUT2D eigenvalue weighted by Gasteiger charge is -2.24. The van der Waals surface area contributed by atoms with E-state index < -0.39 is 15.4 Å². The molecule has 1 aromatic rings. The zero-order valence-corrected chi connectivity index (χ0v) is 11.5. The van der Waals surface area contributed by atoms with Gasteiger partial charge in [-0.2, -0.15) is 0 Å². The second kappa shape index (κ2) is 4.55. The van der Waals surface area contributed by atoms with Gasteiger partial charge in [0.1, 0.15) is 15.6 Å². The largest absolute Gasteiger partial charge is 0.497 e. The SMILES string of the molecule is COc1ccc2c(c1)C(O)(CCS(C)(=O)=O)CC2. The maximum Gasteiger partial charge on any atom is 0.147 e. The molecule has 0 radical (unpaired) electrons. The summed E-state index contributed by atoms with van der Waals surface area (Å²) in [4.78, 5) is 0. The van der Waals surface area contributed by atoms with Crippen LogP contribution >= 0.6 is 0 Å². The van der Waals surface area contributed by atoms with Crippen LogP contribution in [-0.4, -0.2) is 32.6 Å². The van der Waals surface area contributed by atoms with Gasteiger partial charge in [0, 0.05) is 6.26 Å². The minimum absolute atomic E-state index is 0.000149. The Labute approximate surface area is 108 Å². The van der Waals surface area contributed by atoms with Gasteiger partial charge in [-0.05, 0) is 42.5 Å². The van der Waals surface area contributed by atoms with E-state index in [4.69, 9.17) is 4.74 Å². The molecule has 1 aliphatic carbocycles. The number of rotatable bonds is 4. The minimum atomic E-state index is -3.06. The highest BCUT2D eigenvalue weighted by Gasteiger charge is 2.37. The molecule has 0 aliphatic heterocycles. The molecule has 1 aliphatic rings. The summed E-state index contributed by atoms with van der Waals surface area (Å²) in [7, 11) is -1.48. The summed E-state index contributed by atoms with van der Waals surface area (Å²) in [5.74, 6) is 0.689. The van der Waals surface area contributed by atoms with Crippen molar-refractivity contribution in [3.63, 3.8) is 0 Å². The Morgan fingerprint density at radius 1 is 1.44 bits per heavy atom. The lowest BCUT2D eigenvalue weighted by atomic mass is 9.93. The van der Waals surface area contributed by atoms with Gasteiger partial charge in [0.05, 0.1) is 18.5 Å². The molecule has 2 rings (SSSR count). The van der Waals surface area contributed by atoms with Crippen molar-refractivity contribution < 1.29 is 18.3 Å². The fourth-order valence-corrected chi connectivity index (χ4v) is 3.13. The minimum Gasteiger partial charge on any atom is -0.497 e. The van der Waals surface area contributed by atoms with Gasteiger partial charge in [-0.15, -0.1) is 0 Å². The quantitative estimate of drug-likeness (QED) is 0.894. The van der Waals surface area contributed by atoms with Gasteiger partial charge in [-0.3, -0.25) is 0 Å². The van der Waals surface area contributed by atoms with E-state index in [1.165, 1.54) is 6.26 Å². The third-order valence-electron chi connectivity index (χ3n) is 3.51. The summed E-state index contributed by atoms with van der Waals surface area (Å²) < 4.78 is 27.6. The molecule has 0 amide bonds. The monoisotopic (exact) mass is 270 g/mol.